The highest BCUT2D eigenvalue weighted by molar-refractivity contribution is 5.18. The second kappa shape index (κ2) is 3.64. The van der Waals surface area contributed by atoms with Gasteiger partial charge in [0, 0.05) is 0 Å². The molecule has 0 radical (unpaired) electrons. The highest BCUT2D eigenvalue weighted by Gasteiger charge is 2.41. The van der Waals surface area contributed by atoms with Crippen LogP contribution in [-0.2, 0) is 0 Å². The Labute approximate surface area is 95.1 Å². The van der Waals surface area contributed by atoms with Gasteiger partial charge in [-0.1, -0.05) is 46.3 Å². The molecule has 1 fully saturated rings. The molecule has 0 spiro atoms. The first-order chi connectivity index (χ1) is 6.88. The van der Waals surface area contributed by atoms with Gasteiger partial charge in [-0.05, 0) is 48.3 Å². The van der Waals surface area contributed by atoms with E-state index < -0.39 is 0 Å². The van der Waals surface area contributed by atoms with Gasteiger partial charge in [-0.3, -0.25) is 0 Å². The molecule has 0 aromatic heterocycles. The molecule has 3 atom stereocenters. The summed E-state index contributed by atoms with van der Waals surface area (Å²) in [5.41, 5.74) is 2.26. The van der Waals surface area contributed by atoms with Gasteiger partial charge in [0.2, 0.25) is 0 Å². The van der Waals surface area contributed by atoms with Gasteiger partial charge in [-0.25, -0.2) is 0 Å². The zero-order valence-electron chi connectivity index (χ0n) is 11.0. The molecule has 15 heavy (non-hydrogen) atoms. The lowest BCUT2D eigenvalue weighted by molar-refractivity contribution is 0.236. The van der Waals surface area contributed by atoms with Crippen molar-refractivity contribution in [3.63, 3.8) is 0 Å². The summed E-state index contributed by atoms with van der Waals surface area (Å²) in [6.07, 6.45) is 6.93. The number of allylic oxidation sites excluding steroid dienone is 2. The minimum absolute atomic E-state index is 0.524. The van der Waals surface area contributed by atoms with E-state index in [4.69, 9.17) is 0 Å². The fourth-order valence-electron chi connectivity index (χ4n) is 3.38. The van der Waals surface area contributed by atoms with Crippen molar-refractivity contribution < 1.29 is 0 Å². The maximum absolute atomic E-state index is 2.61. The molecular formula is C15H26. The summed E-state index contributed by atoms with van der Waals surface area (Å²) >= 11 is 0. The Hall–Kier alpha value is -0.260. The van der Waals surface area contributed by atoms with E-state index in [2.05, 4.69) is 40.7 Å². The normalized spacial score (nSPS) is 35.9. The highest BCUT2D eigenvalue weighted by Crippen LogP contribution is 2.51. The third kappa shape index (κ3) is 2.14. The molecule has 2 aliphatic carbocycles. The molecule has 0 heteroatoms. The van der Waals surface area contributed by atoms with E-state index in [0.717, 1.165) is 23.7 Å². The van der Waals surface area contributed by atoms with E-state index in [0.29, 0.717) is 5.41 Å². The zero-order valence-corrected chi connectivity index (χ0v) is 11.0. The lowest BCUT2D eigenvalue weighted by Gasteiger charge is -2.27. The summed E-state index contributed by atoms with van der Waals surface area (Å²) in [6, 6.07) is 0. The lowest BCUT2D eigenvalue weighted by atomic mass is 9.78. The molecular weight excluding hydrogens is 180 g/mol. The summed E-state index contributed by atoms with van der Waals surface area (Å²) in [5.74, 6) is 3.65. The van der Waals surface area contributed by atoms with E-state index in [9.17, 15) is 0 Å². The van der Waals surface area contributed by atoms with Crippen LogP contribution in [0.25, 0.3) is 0 Å². The molecule has 0 nitrogen and oxygen atoms in total. The van der Waals surface area contributed by atoms with Crippen LogP contribution >= 0.6 is 0 Å². The Kier molecular flexibility index (Phi) is 2.73. The summed E-state index contributed by atoms with van der Waals surface area (Å²) in [7, 11) is 0. The van der Waals surface area contributed by atoms with Crippen LogP contribution in [0.1, 0.15) is 53.9 Å². The number of rotatable bonds is 1. The average molecular weight is 206 g/mol. The molecule has 0 amide bonds. The third-order valence-corrected chi connectivity index (χ3v) is 4.64. The summed E-state index contributed by atoms with van der Waals surface area (Å²) < 4.78 is 0. The van der Waals surface area contributed by atoms with Crippen LogP contribution in [0.15, 0.2) is 11.6 Å². The molecule has 2 aliphatic rings. The van der Waals surface area contributed by atoms with Crippen molar-refractivity contribution in [3.05, 3.63) is 11.6 Å². The molecule has 0 unspecified atom stereocenters. The second-order valence-electron chi connectivity index (χ2n) is 7.06. The maximum Gasteiger partial charge on any atom is -0.0196 e. The Balaban J connectivity index is 2.03. The van der Waals surface area contributed by atoms with Crippen molar-refractivity contribution in [3.8, 4) is 0 Å². The molecule has 0 aromatic rings. The Morgan fingerprint density at radius 2 is 1.87 bits per heavy atom. The first kappa shape index (κ1) is 11.2. The smallest absolute Gasteiger partial charge is 0.0196 e. The van der Waals surface area contributed by atoms with E-state index in [1.807, 2.05) is 0 Å². The van der Waals surface area contributed by atoms with Crippen molar-refractivity contribution in [2.45, 2.75) is 53.9 Å². The third-order valence-electron chi connectivity index (χ3n) is 4.64. The van der Waals surface area contributed by atoms with Gasteiger partial charge in [0.15, 0.2) is 0 Å². The first-order valence-corrected chi connectivity index (χ1v) is 6.58. The molecule has 0 aliphatic heterocycles. The van der Waals surface area contributed by atoms with Gasteiger partial charge < -0.3 is 0 Å². The predicted molar refractivity (Wildman–Crippen MR) is 66.7 cm³/mol. The number of fused-ring (bicyclic) bond motifs is 1. The van der Waals surface area contributed by atoms with Crippen LogP contribution < -0.4 is 0 Å². The first-order valence-electron chi connectivity index (χ1n) is 6.58. The number of hydrogen-bond acceptors (Lipinski definition) is 0. The number of hydrogen-bond donors (Lipinski definition) is 0. The minimum Gasteiger partial charge on any atom is -0.0816 e. The van der Waals surface area contributed by atoms with Crippen LogP contribution in [0.4, 0.5) is 0 Å². The van der Waals surface area contributed by atoms with Crippen LogP contribution in [0.2, 0.25) is 0 Å². The molecule has 0 saturated heterocycles. The fourth-order valence-corrected chi connectivity index (χ4v) is 3.38. The van der Waals surface area contributed by atoms with E-state index in [-0.39, 0.29) is 0 Å². The minimum atomic E-state index is 0.524. The Morgan fingerprint density at radius 3 is 2.33 bits per heavy atom. The van der Waals surface area contributed by atoms with Crippen molar-refractivity contribution in [1.29, 1.82) is 0 Å². The van der Waals surface area contributed by atoms with Gasteiger partial charge in [0.25, 0.3) is 0 Å². The molecule has 0 bridgehead atoms. The largest absolute Gasteiger partial charge is 0.0816 e. The monoisotopic (exact) mass is 206 g/mol. The average Bonchev–Trinajstić information content (AvgIpc) is 2.55. The SMILES string of the molecule is CC(C)C1=C[C@@H]2C[C@H](C(C)(C)C)C[C@@H]2C1. The maximum atomic E-state index is 2.61. The van der Waals surface area contributed by atoms with Crippen LogP contribution in [-0.4, -0.2) is 0 Å². The summed E-state index contributed by atoms with van der Waals surface area (Å²) in [4.78, 5) is 0. The van der Waals surface area contributed by atoms with Crippen molar-refractivity contribution >= 4 is 0 Å². The van der Waals surface area contributed by atoms with E-state index in [1.165, 1.54) is 19.3 Å². The summed E-state index contributed by atoms with van der Waals surface area (Å²) in [5, 5.41) is 0. The van der Waals surface area contributed by atoms with Crippen LogP contribution in [0.3, 0.4) is 0 Å². The quantitative estimate of drug-likeness (QED) is 0.547. The van der Waals surface area contributed by atoms with Gasteiger partial charge in [-0.2, -0.15) is 0 Å². The molecule has 86 valence electrons. The van der Waals surface area contributed by atoms with Crippen molar-refractivity contribution in [2.75, 3.05) is 0 Å². The molecule has 1 saturated carbocycles. The molecule has 0 heterocycles. The second-order valence-corrected chi connectivity index (χ2v) is 7.06. The fraction of sp³-hybridized carbons (Fsp3) is 0.867. The van der Waals surface area contributed by atoms with Crippen molar-refractivity contribution in [2.24, 2.45) is 29.1 Å². The van der Waals surface area contributed by atoms with Crippen molar-refractivity contribution in [1.82, 2.24) is 0 Å². The van der Waals surface area contributed by atoms with E-state index >= 15 is 0 Å². The molecule has 2 rings (SSSR count). The lowest BCUT2D eigenvalue weighted by Crippen LogP contribution is -2.18. The van der Waals surface area contributed by atoms with Gasteiger partial charge in [-0.15, -0.1) is 0 Å². The zero-order chi connectivity index (χ0) is 11.2. The van der Waals surface area contributed by atoms with Gasteiger partial charge in [0.1, 0.15) is 0 Å². The molecule has 0 N–H and O–H groups in total. The Morgan fingerprint density at radius 1 is 1.20 bits per heavy atom. The highest BCUT2D eigenvalue weighted by atomic mass is 14.5. The predicted octanol–water partition coefficient (Wildman–Crippen LogP) is 4.66. The topological polar surface area (TPSA) is 0 Å². The molecule has 0 aromatic carbocycles. The van der Waals surface area contributed by atoms with Gasteiger partial charge in [0.05, 0.1) is 0 Å². The van der Waals surface area contributed by atoms with E-state index in [1.54, 1.807) is 5.57 Å². The standard InChI is InChI=1S/C15H26/c1-10(2)11-6-12-8-14(15(3,4)5)9-13(12)7-11/h6,10,12-14H,7-9H2,1-5H3/t12-,13+,14+/m1/s1. The van der Waals surface area contributed by atoms with Gasteiger partial charge >= 0.3 is 0 Å². The van der Waals surface area contributed by atoms with Crippen LogP contribution in [0, 0.1) is 29.1 Å². The van der Waals surface area contributed by atoms with Crippen LogP contribution in [0.5, 0.6) is 0 Å². The Bertz CT molecular complexity index is 264. The summed E-state index contributed by atoms with van der Waals surface area (Å²) in [6.45, 7) is 11.9.